The Kier molecular flexibility index (Phi) is 5.21. The van der Waals surface area contributed by atoms with Gasteiger partial charge in [-0.15, -0.1) is 34.5 Å². The molecule has 1 aromatic carbocycles. The molecule has 4 aliphatic rings. The Balaban J connectivity index is 1.48. The van der Waals surface area contributed by atoms with E-state index < -0.39 is 45.2 Å². The van der Waals surface area contributed by atoms with Gasteiger partial charge in [-0.1, -0.05) is 29.8 Å². The zero-order valence-corrected chi connectivity index (χ0v) is 21.5. The molecule has 186 valence electrons. The second kappa shape index (κ2) is 7.91. The number of alkyl halides is 2. The first-order valence-corrected chi connectivity index (χ1v) is 13.3. The van der Waals surface area contributed by atoms with Gasteiger partial charge in [0.05, 0.1) is 18.4 Å². The largest absolute Gasteiger partial charge is 0.508 e. The van der Waals surface area contributed by atoms with Crippen LogP contribution < -0.4 is 0 Å². The highest BCUT2D eigenvalue weighted by Crippen LogP contribution is 2.65. The number of fused-ring (bicyclic) bond motifs is 4. The minimum Gasteiger partial charge on any atom is -0.508 e. The molecule has 3 fully saturated rings. The van der Waals surface area contributed by atoms with Crippen LogP contribution in [0.2, 0.25) is 0 Å². The van der Waals surface area contributed by atoms with Crippen LogP contribution in [-0.2, 0) is 25.7 Å². The zero-order valence-electron chi connectivity index (χ0n) is 19.2. The highest BCUT2D eigenvalue weighted by Gasteiger charge is 2.75. The molecule has 6 rings (SSSR count). The summed E-state index contributed by atoms with van der Waals surface area (Å²) >= 11 is 15.7. The smallest absolute Gasteiger partial charge is 0.253 e. The van der Waals surface area contributed by atoms with E-state index in [1.54, 1.807) is 12.1 Å². The van der Waals surface area contributed by atoms with Crippen LogP contribution >= 0.6 is 34.5 Å². The summed E-state index contributed by atoms with van der Waals surface area (Å²) in [5.74, 6) is -4.29. The number of carbonyl (C=O) groups is 4. The van der Waals surface area contributed by atoms with Gasteiger partial charge >= 0.3 is 0 Å². The summed E-state index contributed by atoms with van der Waals surface area (Å²) in [4.78, 5) is 53.5. The molecule has 0 radical (unpaired) electrons. The highest BCUT2D eigenvalue weighted by atomic mass is 35.5. The van der Waals surface area contributed by atoms with Crippen molar-refractivity contribution in [3.8, 4) is 5.75 Å². The number of amides is 4. The van der Waals surface area contributed by atoms with E-state index in [-0.39, 0.29) is 30.5 Å². The second-order valence-electron chi connectivity index (χ2n) is 9.93. The van der Waals surface area contributed by atoms with Crippen molar-refractivity contribution >= 4 is 58.2 Å². The predicted octanol–water partition coefficient (Wildman–Crippen LogP) is 3.64. The maximum Gasteiger partial charge on any atom is 0.253 e. The second-order valence-corrected chi connectivity index (χ2v) is 12.2. The lowest BCUT2D eigenvalue weighted by Gasteiger charge is -2.50. The van der Waals surface area contributed by atoms with Gasteiger partial charge in [-0.25, -0.2) is 0 Å². The van der Waals surface area contributed by atoms with Gasteiger partial charge in [0.2, 0.25) is 11.8 Å². The Morgan fingerprint density at radius 2 is 1.75 bits per heavy atom. The van der Waals surface area contributed by atoms with Crippen LogP contribution in [0.4, 0.5) is 0 Å². The first-order valence-electron chi connectivity index (χ1n) is 11.7. The molecule has 7 nitrogen and oxygen atoms in total. The first-order chi connectivity index (χ1) is 17.1. The average molecular weight is 545 g/mol. The van der Waals surface area contributed by atoms with Gasteiger partial charge in [-0.05, 0) is 47.9 Å². The number of rotatable bonds is 3. The van der Waals surface area contributed by atoms with E-state index >= 15 is 0 Å². The minimum atomic E-state index is -1.81. The maximum absolute atomic E-state index is 13.7. The van der Waals surface area contributed by atoms with Gasteiger partial charge < -0.3 is 5.11 Å². The third kappa shape index (κ3) is 2.92. The number of phenolic OH excluding ortho intramolecular Hbond substituents is 1. The minimum absolute atomic E-state index is 0.0274. The van der Waals surface area contributed by atoms with E-state index in [2.05, 4.69) is 0 Å². The molecule has 3 heterocycles. The van der Waals surface area contributed by atoms with Gasteiger partial charge in [-0.2, -0.15) is 0 Å². The topological polar surface area (TPSA) is 95.0 Å². The molecule has 0 bridgehead atoms. The Morgan fingerprint density at radius 3 is 2.42 bits per heavy atom. The van der Waals surface area contributed by atoms with E-state index in [9.17, 15) is 24.3 Å². The lowest BCUT2D eigenvalue weighted by molar-refractivity contribution is -0.141. The molecule has 2 saturated heterocycles. The van der Waals surface area contributed by atoms with Crippen LogP contribution in [-0.4, -0.2) is 55.3 Å². The molecule has 2 aliphatic heterocycles. The third-order valence-corrected chi connectivity index (χ3v) is 10.5. The predicted molar refractivity (Wildman–Crippen MR) is 133 cm³/mol. The number of likely N-dealkylation sites (tertiary alicyclic amines) is 2. The van der Waals surface area contributed by atoms with Crippen molar-refractivity contribution in [3.63, 3.8) is 0 Å². The summed E-state index contributed by atoms with van der Waals surface area (Å²) in [6.07, 6.45) is 2.21. The van der Waals surface area contributed by atoms with E-state index in [0.717, 1.165) is 15.4 Å². The monoisotopic (exact) mass is 544 g/mol. The molecule has 1 aromatic heterocycles. The van der Waals surface area contributed by atoms with Crippen LogP contribution in [0.5, 0.6) is 5.75 Å². The Hall–Kier alpha value is -2.68. The molecule has 36 heavy (non-hydrogen) atoms. The number of carbonyl (C=O) groups excluding carboxylic acids is 4. The number of nitrogens with zero attached hydrogens (tertiary/aromatic N) is 2. The van der Waals surface area contributed by atoms with Gasteiger partial charge in [0, 0.05) is 17.8 Å². The fourth-order valence-corrected chi connectivity index (χ4v) is 8.28. The van der Waals surface area contributed by atoms with Crippen LogP contribution in [0.3, 0.4) is 0 Å². The Labute approximate surface area is 221 Å². The van der Waals surface area contributed by atoms with Gasteiger partial charge in [0.1, 0.15) is 5.75 Å². The van der Waals surface area contributed by atoms with Crippen molar-refractivity contribution in [2.24, 2.45) is 17.8 Å². The van der Waals surface area contributed by atoms with Crippen molar-refractivity contribution < 1.29 is 24.3 Å². The molecule has 6 atom stereocenters. The van der Waals surface area contributed by atoms with Gasteiger partial charge in [0.25, 0.3) is 11.8 Å². The first kappa shape index (κ1) is 23.7. The summed E-state index contributed by atoms with van der Waals surface area (Å²) in [6.45, 7) is 0.206. The Morgan fingerprint density at radius 1 is 1.03 bits per heavy atom. The highest BCUT2D eigenvalue weighted by molar-refractivity contribution is 7.09. The van der Waals surface area contributed by atoms with Gasteiger partial charge in [0.15, 0.2) is 9.75 Å². The number of allylic oxidation sites excluding steroid dienone is 2. The number of thiophene rings is 1. The van der Waals surface area contributed by atoms with E-state index in [1.165, 1.54) is 35.4 Å². The molecule has 4 amide bonds. The Bertz CT molecular complexity index is 1340. The normalized spacial score (nSPS) is 35.6. The number of benzene rings is 1. The molecule has 10 heteroatoms. The maximum atomic E-state index is 13.7. The quantitative estimate of drug-likeness (QED) is 0.361. The third-order valence-electron chi connectivity index (χ3n) is 8.23. The number of imide groups is 2. The molecule has 0 unspecified atom stereocenters. The zero-order chi connectivity index (χ0) is 25.6. The number of hydrogen-bond donors (Lipinski definition) is 1. The van der Waals surface area contributed by atoms with Crippen LogP contribution in [0.25, 0.3) is 0 Å². The van der Waals surface area contributed by atoms with Crippen LogP contribution in [0.15, 0.2) is 53.4 Å². The van der Waals surface area contributed by atoms with Crippen molar-refractivity contribution in [3.05, 3.63) is 63.9 Å². The molecular weight excluding hydrogens is 523 g/mol. The number of hydrogen-bond acceptors (Lipinski definition) is 6. The van der Waals surface area contributed by atoms with Crippen molar-refractivity contribution in [1.29, 1.82) is 0 Å². The van der Waals surface area contributed by atoms with E-state index in [0.29, 0.717) is 12.0 Å². The van der Waals surface area contributed by atoms with Crippen LogP contribution in [0, 0.1) is 17.8 Å². The summed E-state index contributed by atoms with van der Waals surface area (Å²) < 4.78 is 0. The molecule has 1 saturated carbocycles. The summed E-state index contributed by atoms with van der Waals surface area (Å²) in [6, 6.07) is 10.0. The standard InChI is InChI=1S/C26H22Cl2N2O5S/c1-29-23(34)25(27)11-18-16(20(26(25,28)24(29)35)13-4-6-14(31)7-5-13)8-9-17-19(18)22(33)30(21(17)32)12-15-3-2-10-36-15/h2-8,10,17-20,31H,9,11-12H2,1H3/t17-,18+,19-,20-,25+,26-/m0/s1. The molecule has 2 aliphatic carbocycles. The molecule has 2 aromatic rings. The van der Waals surface area contributed by atoms with Crippen molar-refractivity contribution in [2.75, 3.05) is 7.05 Å². The molecule has 0 spiro atoms. The summed E-state index contributed by atoms with van der Waals surface area (Å²) in [5, 5.41) is 11.8. The number of aromatic hydroxyl groups is 1. The summed E-state index contributed by atoms with van der Waals surface area (Å²) in [5.41, 5.74) is 1.34. The fraction of sp³-hybridized carbons (Fsp3) is 0.385. The number of halogens is 2. The molecule has 1 N–H and O–H groups in total. The van der Waals surface area contributed by atoms with Crippen molar-refractivity contribution in [1.82, 2.24) is 9.80 Å². The number of phenols is 1. The van der Waals surface area contributed by atoms with Gasteiger partial charge in [-0.3, -0.25) is 29.0 Å². The SMILES string of the molecule is CN1C(=O)[C@]2(Cl)C[C@@H]3C(=CC[C@@H]4C(=O)N(Cc5cccs5)C(=O)[C@@H]43)[C@H](c3ccc(O)cc3)[C@]2(Cl)C1=O. The average Bonchev–Trinajstić information content (AvgIpc) is 3.49. The van der Waals surface area contributed by atoms with Crippen LogP contribution in [0.1, 0.15) is 29.2 Å². The lowest BCUT2D eigenvalue weighted by atomic mass is 9.56. The van der Waals surface area contributed by atoms with E-state index in [1.807, 2.05) is 23.6 Å². The van der Waals surface area contributed by atoms with E-state index in [4.69, 9.17) is 23.2 Å². The fourth-order valence-electron chi connectivity index (χ4n) is 6.56. The van der Waals surface area contributed by atoms with Crippen molar-refractivity contribution in [2.45, 2.75) is 35.1 Å². The molecular formula is C26H22Cl2N2O5S. The lowest BCUT2D eigenvalue weighted by Crippen LogP contribution is -2.60. The summed E-state index contributed by atoms with van der Waals surface area (Å²) in [7, 11) is 1.36.